The lowest BCUT2D eigenvalue weighted by Crippen LogP contribution is -2.24. The summed E-state index contributed by atoms with van der Waals surface area (Å²) < 4.78 is 2.42. The van der Waals surface area contributed by atoms with E-state index in [4.69, 9.17) is 4.98 Å². The van der Waals surface area contributed by atoms with Gasteiger partial charge in [-0.05, 0) is 48.6 Å². The van der Waals surface area contributed by atoms with E-state index >= 15 is 0 Å². The molecule has 2 fully saturated rings. The van der Waals surface area contributed by atoms with Crippen LogP contribution < -0.4 is 4.90 Å². The van der Waals surface area contributed by atoms with Crippen LogP contribution in [0.15, 0.2) is 48.5 Å². The molecule has 1 saturated carbocycles. The fraction of sp³-hybridized carbons (Fsp3) is 0.481. The van der Waals surface area contributed by atoms with Crippen molar-refractivity contribution in [3.05, 3.63) is 59.9 Å². The zero-order valence-electron chi connectivity index (χ0n) is 18.6. The molecule has 162 valence electrons. The third kappa shape index (κ3) is 4.13. The minimum Gasteiger partial charge on any atom is -0.328 e. The van der Waals surface area contributed by atoms with E-state index in [1.165, 1.54) is 49.6 Å². The number of aromatic nitrogens is 2. The van der Waals surface area contributed by atoms with Gasteiger partial charge in [-0.3, -0.25) is 4.79 Å². The number of benzene rings is 2. The molecule has 2 heterocycles. The first-order valence-corrected chi connectivity index (χ1v) is 12.1. The fourth-order valence-corrected chi connectivity index (χ4v) is 5.47. The van der Waals surface area contributed by atoms with Crippen molar-refractivity contribution in [2.75, 3.05) is 11.4 Å². The Morgan fingerprint density at radius 1 is 1.00 bits per heavy atom. The molecule has 4 heteroatoms. The molecule has 3 aromatic rings. The van der Waals surface area contributed by atoms with Gasteiger partial charge in [0.2, 0.25) is 5.91 Å². The highest BCUT2D eigenvalue weighted by Gasteiger charge is 2.35. The van der Waals surface area contributed by atoms with Crippen LogP contribution in [-0.2, 0) is 17.8 Å². The maximum Gasteiger partial charge on any atom is 0.227 e. The van der Waals surface area contributed by atoms with E-state index in [1.807, 2.05) is 4.90 Å². The van der Waals surface area contributed by atoms with E-state index in [1.54, 1.807) is 0 Å². The fourth-order valence-electron chi connectivity index (χ4n) is 5.47. The Morgan fingerprint density at radius 2 is 1.77 bits per heavy atom. The van der Waals surface area contributed by atoms with Gasteiger partial charge >= 0.3 is 0 Å². The van der Waals surface area contributed by atoms with Crippen molar-refractivity contribution in [1.82, 2.24) is 9.55 Å². The average molecular weight is 416 g/mol. The third-order valence-electron chi connectivity index (χ3n) is 7.32. The van der Waals surface area contributed by atoms with Crippen LogP contribution in [0.2, 0.25) is 0 Å². The molecule has 0 radical (unpaired) electrons. The van der Waals surface area contributed by atoms with Crippen molar-refractivity contribution >= 4 is 22.6 Å². The van der Waals surface area contributed by atoms with Gasteiger partial charge in [0.25, 0.3) is 0 Å². The number of amides is 1. The highest BCUT2D eigenvalue weighted by molar-refractivity contribution is 5.96. The highest BCUT2D eigenvalue weighted by Crippen LogP contribution is 2.34. The molecule has 1 aromatic heterocycles. The number of hydrogen-bond donors (Lipinski definition) is 0. The van der Waals surface area contributed by atoms with Crippen molar-refractivity contribution < 1.29 is 4.79 Å². The molecular weight excluding hydrogens is 382 g/mol. The van der Waals surface area contributed by atoms with Gasteiger partial charge in [-0.1, -0.05) is 63.3 Å². The van der Waals surface area contributed by atoms with E-state index in [0.29, 0.717) is 6.42 Å². The van der Waals surface area contributed by atoms with E-state index in [9.17, 15) is 4.79 Å². The predicted octanol–water partition coefficient (Wildman–Crippen LogP) is 6.09. The second kappa shape index (κ2) is 8.86. The highest BCUT2D eigenvalue weighted by atomic mass is 16.2. The number of para-hydroxylation sites is 2. The third-order valence-corrected chi connectivity index (χ3v) is 7.32. The first-order chi connectivity index (χ1) is 15.2. The summed E-state index contributed by atoms with van der Waals surface area (Å²) in [7, 11) is 0. The van der Waals surface area contributed by atoms with Crippen LogP contribution in [0, 0.1) is 5.92 Å². The predicted molar refractivity (Wildman–Crippen MR) is 126 cm³/mol. The Morgan fingerprint density at radius 3 is 2.55 bits per heavy atom. The van der Waals surface area contributed by atoms with Crippen LogP contribution in [-0.4, -0.2) is 22.0 Å². The molecule has 1 saturated heterocycles. The van der Waals surface area contributed by atoms with E-state index in [0.717, 1.165) is 42.5 Å². The van der Waals surface area contributed by atoms with Crippen LogP contribution in [0.25, 0.3) is 11.0 Å². The summed E-state index contributed by atoms with van der Waals surface area (Å²) in [6.07, 6.45) is 9.67. The van der Waals surface area contributed by atoms with Crippen molar-refractivity contribution in [3.8, 4) is 0 Å². The number of fused-ring (bicyclic) bond motifs is 1. The largest absolute Gasteiger partial charge is 0.328 e. The van der Waals surface area contributed by atoms with Gasteiger partial charge in [-0.25, -0.2) is 4.98 Å². The molecule has 1 atom stereocenters. The maximum absolute atomic E-state index is 12.9. The summed E-state index contributed by atoms with van der Waals surface area (Å²) in [5.41, 5.74) is 4.58. The van der Waals surface area contributed by atoms with E-state index < -0.39 is 0 Å². The molecule has 0 bridgehead atoms. The molecule has 0 N–H and O–H groups in total. The Labute approximate surface area is 185 Å². The Hall–Kier alpha value is -2.62. The lowest BCUT2D eigenvalue weighted by atomic mass is 9.87. The molecule has 4 nitrogen and oxygen atoms in total. The lowest BCUT2D eigenvalue weighted by Gasteiger charge is -2.23. The van der Waals surface area contributed by atoms with Crippen LogP contribution in [0.4, 0.5) is 5.69 Å². The Bertz CT molecular complexity index is 1050. The average Bonchev–Trinajstić information content (AvgIpc) is 3.39. The van der Waals surface area contributed by atoms with Crippen molar-refractivity contribution in [1.29, 1.82) is 0 Å². The number of hydrogen-bond acceptors (Lipinski definition) is 2. The summed E-state index contributed by atoms with van der Waals surface area (Å²) in [4.78, 5) is 19.9. The van der Waals surface area contributed by atoms with Crippen LogP contribution >= 0.6 is 0 Å². The minimum absolute atomic E-state index is 0.150. The monoisotopic (exact) mass is 415 g/mol. The molecule has 0 spiro atoms. The number of rotatable bonds is 6. The van der Waals surface area contributed by atoms with Gasteiger partial charge in [0, 0.05) is 31.1 Å². The molecule has 1 aliphatic heterocycles. The van der Waals surface area contributed by atoms with Crippen LogP contribution in [0.5, 0.6) is 0 Å². The first-order valence-electron chi connectivity index (χ1n) is 12.1. The van der Waals surface area contributed by atoms with Crippen molar-refractivity contribution in [2.45, 2.75) is 70.8 Å². The number of carbonyl (C=O) groups excluding carboxylic acids is 1. The molecule has 2 aliphatic rings. The Balaban J connectivity index is 1.40. The number of nitrogens with zero attached hydrogens (tertiary/aromatic N) is 3. The molecule has 1 unspecified atom stereocenters. The summed E-state index contributed by atoms with van der Waals surface area (Å²) in [5.74, 6) is 2.29. The number of imidazole rings is 1. The molecule has 5 rings (SSSR count). The standard InChI is InChI=1S/C27H33N3O/c1-2-20-12-14-23(15-13-20)30-19-22(18-26(30)31)27-28-24-10-6-7-11-25(24)29(27)17-16-21-8-4-3-5-9-21/h6-7,10-15,21-22H,2-5,8-9,16-19H2,1H3. The SMILES string of the molecule is CCc1ccc(N2CC(c3nc4ccccc4n3CCC3CCCCC3)CC2=O)cc1. The lowest BCUT2D eigenvalue weighted by molar-refractivity contribution is -0.117. The normalized spacial score (nSPS) is 20.1. The second-order valence-corrected chi connectivity index (χ2v) is 9.33. The number of anilines is 1. The van der Waals surface area contributed by atoms with Gasteiger partial charge in [0.05, 0.1) is 11.0 Å². The summed E-state index contributed by atoms with van der Waals surface area (Å²) in [6.45, 7) is 3.89. The molecule has 1 aliphatic carbocycles. The zero-order valence-corrected chi connectivity index (χ0v) is 18.6. The first kappa shape index (κ1) is 20.3. The van der Waals surface area contributed by atoms with Crippen LogP contribution in [0.1, 0.15) is 69.2 Å². The van der Waals surface area contributed by atoms with Gasteiger partial charge in [0.15, 0.2) is 0 Å². The van der Waals surface area contributed by atoms with Crippen LogP contribution in [0.3, 0.4) is 0 Å². The molecule has 2 aromatic carbocycles. The zero-order chi connectivity index (χ0) is 21.2. The number of aryl methyl sites for hydroxylation is 2. The number of carbonyl (C=O) groups is 1. The van der Waals surface area contributed by atoms with Crippen molar-refractivity contribution in [3.63, 3.8) is 0 Å². The summed E-state index contributed by atoms with van der Waals surface area (Å²) >= 11 is 0. The van der Waals surface area contributed by atoms with Gasteiger partial charge < -0.3 is 9.47 Å². The molecular formula is C27H33N3O. The van der Waals surface area contributed by atoms with Gasteiger partial charge in [-0.2, -0.15) is 0 Å². The summed E-state index contributed by atoms with van der Waals surface area (Å²) in [5, 5.41) is 0. The molecule has 1 amide bonds. The van der Waals surface area contributed by atoms with Crippen molar-refractivity contribution in [2.24, 2.45) is 5.92 Å². The topological polar surface area (TPSA) is 38.1 Å². The second-order valence-electron chi connectivity index (χ2n) is 9.33. The molecule has 31 heavy (non-hydrogen) atoms. The van der Waals surface area contributed by atoms with E-state index in [2.05, 4.69) is 60.0 Å². The van der Waals surface area contributed by atoms with Gasteiger partial charge in [0.1, 0.15) is 5.82 Å². The maximum atomic E-state index is 12.9. The summed E-state index contributed by atoms with van der Waals surface area (Å²) in [6, 6.07) is 16.9. The smallest absolute Gasteiger partial charge is 0.227 e. The van der Waals surface area contributed by atoms with Gasteiger partial charge in [-0.15, -0.1) is 0 Å². The van der Waals surface area contributed by atoms with E-state index in [-0.39, 0.29) is 11.8 Å². The minimum atomic E-state index is 0.150. The quantitative estimate of drug-likeness (QED) is 0.489. The Kier molecular flexibility index (Phi) is 5.80.